The number of nitrogens with one attached hydrogen (secondary N) is 1. The van der Waals surface area contributed by atoms with Crippen molar-refractivity contribution >= 4 is 5.91 Å². The number of benzene rings is 1. The van der Waals surface area contributed by atoms with E-state index in [1.807, 2.05) is 0 Å². The van der Waals surface area contributed by atoms with Crippen LogP contribution in [0, 0.1) is 12.3 Å². The third-order valence-electron chi connectivity index (χ3n) is 2.43. The third kappa shape index (κ3) is 3.70. The molecule has 0 saturated carbocycles. The van der Waals surface area contributed by atoms with Gasteiger partial charge in [-0.1, -0.05) is 0 Å². The first-order valence-electron chi connectivity index (χ1n) is 5.66. The van der Waals surface area contributed by atoms with Gasteiger partial charge in [-0.05, 0) is 24.6 Å². The minimum Gasteiger partial charge on any atom is -0.497 e. The maximum absolute atomic E-state index is 12.0. The van der Waals surface area contributed by atoms with Gasteiger partial charge in [0.25, 0.3) is 5.91 Å². The highest BCUT2D eigenvalue weighted by atomic mass is 16.5. The van der Waals surface area contributed by atoms with Crippen molar-refractivity contribution < 1.29 is 14.3 Å². The lowest BCUT2D eigenvalue weighted by atomic mass is 10.1. The van der Waals surface area contributed by atoms with Gasteiger partial charge in [-0.15, -0.1) is 12.3 Å². The quantitative estimate of drug-likeness (QED) is 0.616. The second kappa shape index (κ2) is 7.23. The SMILES string of the molecule is C#CCCCNC(=O)c1cc(OC)ccc1OC. The number of hydrogen-bond donors (Lipinski definition) is 1. The molecule has 4 nitrogen and oxygen atoms in total. The molecule has 0 saturated heterocycles. The smallest absolute Gasteiger partial charge is 0.255 e. The second-order valence-corrected chi connectivity index (χ2v) is 3.63. The Morgan fingerprint density at radius 1 is 1.39 bits per heavy atom. The lowest BCUT2D eigenvalue weighted by Crippen LogP contribution is -2.24. The average Bonchev–Trinajstić information content (AvgIpc) is 2.42. The van der Waals surface area contributed by atoms with Crippen LogP contribution in [0.2, 0.25) is 0 Å². The summed E-state index contributed by atoms with van der Waals surface area (Å²) in [5, 5.41) is 2.79. The van der Waals surface area contributed by atoms with Gasteiger partial charge in [-0.3, -0.25) is 4.79 Å². The maximum Gasteiger partial charge on any atom is 0.255 e. The summed E-state index contributed by atoms with van der Waals surface area (Å²) in [6, 6.07) is 5.10. The zero-order chi connectivity index (χ0) is 13.4. The molecular weight excluding hydrogens is 230 g/mol. The number of carbonyl (C=O) groups excluding carboxylic acids is 1. The first-order valence-corrected chi connectivity index (χ1v) is 5.66. The van der Waals surface area contributed by atoms with E-state index in [2.05, 4.69) is 11.2 Å². The van der Waals surface area contributed by atoms with Crippen molar-refractivity contribution in [3.63, 3.8) is 0 Å². The molecule has 18 heavy (non-hydrogen) atoms. The number of ether oxygens (including phenoxy) is 2. The Morgan fingerprint density at radius 3 is 2.78 bits per heavy atom. The minimum absolute atomic E-state index is 0.192. The van der Waals surface area contributed by atoms with Crippen LogP contribution in [0.15, 0.2) is 18.2 Å². The zero-order valence-electron chi connectivity index (χ0n) is 10.7. The Balaban J connectivity index is 2.74. The van der Waals surface area contributed by atoms with E-state index in [1.165, 1.54) is 7.11 Å². The molecular formula is C14H17NO3. The number of methoxy groups -OCH3 is 2. The molecule has 0 heterocycles. The molecule has 0 spiro atoms. The standard InChI is InChI=1S/C14H17NO3/c1-4-5-6-9-15-14(16)12-10-11(17-2)7-8-13(12)18-3/h1,7-8,10H,5-6,9H2,2-3H3,(H,15,16). The fourth-order valence-electron chi connectivity index (χ4n) is 1.48. The molecule has 0 aromatic heterocycles. The molecule has 0 aliphatic carbocycles. The highest BCUT2D eigenvalue weighted by Crippen LogP contribution is 2.23. The molecule has 96 valence electrons. The van der Waals surface area contributed by atoms with E-state index in [9.17, 15) is 4.79 Å². The summed E-state index contributed by atoms with van der Waals surface area (Å²) >= 11 is 0. The maximum atomic E-state index is 12.0. The van der Waals surface area contributed by atoms with Gasteiger partial charge in [0.2, 0.25) is 0 Å². The topological polar surface area (TPSA) is 47.6 Å². The number of hydrogen-bond acceptors (Lipinski definition) is 3. The van der Waals surface area contributed by atoms with Crippen molar-refractivity contribution in [3.05, 3.63) is 23.8 Å². The van der Waals surface area contributed by atoms with Crippen LogP contribution >= 0.6 is 0 Å². The molecule has 0 radical (unpaired) electrons. The Kier molecular flexibility index (Phi) is 5.59. The second-order valence-electron chi connectivity index (χ2n) is 3.63. The monoisotopic (exact) mass is 247 g/mol. The predicted octanol–water partition coefficient (Wildman–Crippen LogP) is 1.85. The van der Waals surface area contributed by atoms with Gasteiger partial charge in [0, 0.05) is 13.0 Å². The number of terminal acetylenes is 1. The van der Waals surface area contributed by atoms with Crippen molar-refractivity contribution in [2.75, 3.05) is 20.8 Å². The first-order chi connectivity index (χ1) is 8.72. The minimum atomic E-state index is -0.192. The lowest BCUT2D eigenvalue weighted by molar-refractivity contribution is 0.0950. The summed E-state index contributed by atoms with van der Waals surface area (Å²) in [5.74, 6) is 3.47. The van der Waals surface area contributed by atoms with E-state index < -0.39 is 0 Å². The van der Waals surface area contributed by atoms with Crippen molar-refractivity contribution in [1.82, 2.24) is 5.32 Å². The molecule has 1 rings (SSSR count). The van der Waals surface area contributed by atoms with Gasteiger partial charge < -0.3 is 14.8 Å². The van der Waals surface area contributed by atoms with Crippen LogP contribution in [0.3, 0.4) is 0 Å². The highest BCUT2D eigenvalue weighted by molar-refractivity contribution is 5.97. The van der Waals surface area contributed by atoms with Crippen LogP contribution in [0.4, 0.5) is 0 Å². The lowest BCUT2D eigenvalue weighted by Gasteiger charge is -2.10. The molecule has 0 aliphatic heterocycles. The molecule has 1 amide bonds. The molecule has 1 aromatic rings. The van der Waals surface area contributed by atoms with Crippen molar-refractivity contribution in [2.24, 2.45) is 0 Å². The van der Waals surface area contributed by atoms with Crippen LogP contribution in [-0.2, 0) is 0 Å². The molecule has 0 unspecified atom stereocenters. The molecule has 0 fully saturated rings. The van der Waals surface area contributed by atoms with Crippen LogP contribution < -0.4 is 14.8 Å². The van der Waals surface area contributed by atoms with Gasteiger partial charge in [0.05, 0.1) is 19.8 Å². The summed E-state index contributed by atoms with van der Waals surface area (Å²) in [7, 11) is 3.08. The number of amides is 1. The van der Waals surface area contributed by atoms with E-state index in [0.29, 0.717) is 30.0 Å². The molecule has 4 heteroatoms. The Labute approximate surface area is 107 Å². The van der Waals surface area contributed by atoms with Crippen LogP contribution in [-0.4, -0.2) is 26.7 Å². The molecule has 1 N–H and O–H groups in total. The summed E-state index contributed by atoms with van der Waals surface area (Å²) in [4.78, 5) is 12.0. The van der Waals surface area contributed by atoms with Gasteiger partial charge in [-0.25, -0.2) is 0 Å². The number of unbranched alkanes of at least 4 members (excludes halogenated alkanes) is 1. The Bertz CT molecular complexity index is 449. The normalized spacial score (nSPS) is 9.39. The van der Waals surface area contributed by atoms with E-state index in [4.69, 9.17) is 15.9 Å². The Hall–Kier alpha value is -2.15. The summed E-state index contributed by atoms with van der Waals surface area (Å²) in [6.45, 7) is 0.545. The van der Waals surface area contributed by atoms with E-state index in [1.54, 1.807) is 25.3 Å². The summed E-state index contributed by atoms with van der Waals surface area (Å²) in [5.41, 5.74) is 0.456. The molecule has 1 aromatic carbocycles. The number of carbonyl (C=O) groups is 1. The van der Waals surface area contributed by atoms with E-state index in [0.717, 1.165) is 6.42 Å². The van der Waals surface area contributed by atoms with Gasteiger partial charge in [-0.2, -0.15) is 0 Å². The van der Waals surface area contributed by atoms with Gasteiger partial charge in [0.1, 0.15) is 11.5 Å². The fourth-order valence-corrected chi connectivity index (χ4v) is 1.48. The predicted molar refractivity (Wildman–Crippen MR) is 69.9 cm³/mol. The van der Waals surface area contributed by atoms with E-state index >= 15 is 0 Å². The molecule has 0 aliphatic rings. The first kappa shape index (κ1) is 13.9. The molecule has 0 atom stereocenters. The highest BCUT2D eigenvalue weighted by Gasteiger charge is 2.12. The summed E-state index contributed by atoms with van der Waals surface area (Å²) < 4.78 is 10.2. The largest absolute Gasteiger partial charge is 0.497 e. The van der Waals surface area contributed by atoms with Gasteiger partial charge in [0.15, 0.2) is 0 Å². The van der Waals surface area contributed by atoms with Gasteiger partial charge >= 0.3 is 0 Å². The van der Waals surface area contributed by atoms with Crippen molar-refractivity contribution in [3.8, 4) is 23.8 Å². The fraction of sp³-hybridized carbons (Fsp3) is 0.357. The Morgan fingerprint density at radius 2 is 2.17 bits per heavy atom. The third-order valence-corrected chi connectivity index (χ3v) is 2.43. The van der Waals surface area contributed by atoms with Crippen LogP contribution in [0.1, 0.15) is 23.2 Å². The molecule has 0 bridgehead atoms. The van der Waals surface area contributed by atoms with Crippen LogP contribution in [0.5, 0.6) is 11.5 Å². The zero-order valence-corrected chi connectivity index (χ0v) is 10.7. The summed E-state index contributed by atoms with van der Waals surface area (Å²) in [6.07, 6.45) is 6.55. The average molecular weight is 247 g/mol. The van der Waals surface area contributed by atoms with Crippen LogP contribution in [0.25, 0.3) is 0 Å². The van der Waals surface area contributed by atoms with Crippen molar-refractivity contribution in [1.29, 1.82) is 0 Å². The van der Waals surface area contributed by atoms with Crippen molar-refractivity contribution in [2.45, 2.75) is 12.8 Å². The van der Waals surface area contributed by atoms with E-state index in [-0.39, 0.29) is 5.91 Å². The number of rotatable bonds is 6.